The molecule has 42 heavy (non-hydrogen) atoms. The maximum Gasteiger partial charge on any atom is 0.327 e. The van der Waals surface area contributed by atoms with Crippen molar-refractivity contribution in [2.45, 2.75) is 59.9 Å². The Labute approximate surface area is 250 Å². The predicted octanol–water partition coefficient (Wildman–Crippen LogP) is 8.28. The lowest BCUT2D eigenvalue weighted by Gasteiger charge is -2.19. The Balaban J connectivity index is 0.00000148. The number of carboxylic acids is 1. The smallest absolute Gasteiger partial charge is 0.327 e. The topological polar surface area (TPSA) is 77.5 Å². The maximum atomic E-state index is 12.2. The fraction of sp³-hybridized carbons (Fsp3) is 0.278. The van der Waals surface area contributed by atoms with E-state index in [1.54, 1.807) is 0 Å². The molecule has 6 heteroatoms. The van der Waals surface area contributed by atoms with Gasteiger partial charge in [0.1, 0.15) is 17.6 Å². The quantitative estimate of drug-likeness (QED) is 0.138. The summed E-state index contributed by atoms with van der Waals surface area (Å²) in [7, 11) is 0. The molecule has 6 nitrogen and oxygen atoms in total. The van der Waals surface area contributed by atoms with Crippen LogP contribution in [0.25, 0.3) is 11.5 Å². The number of aryl methyl sites for hydroxylation is 1. The number of hydrogen-bond donors (Lipinski definition) is 1. The summed E-state index contributed by atoms with van der Waals surface area (Å²) >= 11 is 0. The molecular formula is C36H42N2O4. The van der Waals surface area contributed by atoms with Crippen LogP contribution >= 0.6 is 0 Å². The molecule has 0 saturated carbocycles. The number of carboxylic acid groups (broad SMARTS) is 1. The van der Waals surface area contributed by atoms with E-state index < -0.39 is 12.0 Å². The Hall–Kier alpha value is -4.76. The van der Waals surface area contributed by atoms with Crippen molar-refractivity contribution in [2.75, 3.05) is 6.61 Å². The average Bonchev–Trinajstić information content (AvgIpc) is 3.64. The molecule has 0 spiro atoms. The molecule has 0 amide bonds. The van der Waals surface area contributed by atoms with Gasteiger partial charge in [0, 0.05) is 36.7 Å². The monoisotopic (exact) mass is 566 g/mol. The summed E-state index contributed by atoms with van der Waals surface area (Å²) in [6.07, 6.45) is 17.6. The molecule has 1 unspecified atom stereocenters. The Morgan fingerprint density at radius 1 is 1.05 bits per heavy atom. The fourth-order valence-electron chi connectivity index (χ4n) is 4.44. The second-order valence-electron chi connectivity index (χ2n) is 9.14. The number of rotatable bonds is 12. The zero-order valence-corrected chi connectivity index (χ0v) is 25.3. The summed E-state index contributed by atoms with van der Waals surface area (Å²) < 4.78 is 13.6. The summed E-state index contributed by atoms with van der Waals surface area (Å²) in [6.45, 7) is 10.4. The number of aliphatic carboxylic acids is 1. The van der Waals surface area contributed by atoms with E-state index in [1.165, 1.54) is 0 Å². The molecule has 0 aliphatic heterocycles. The Morgan fingerprint density at radius 3 is 2.36 bits per heavy atom. The number of hydrogen-bond acceptors (Lipinski definition) is 4. The van der Waals surface area contributed by atoms with Crippen LogP contribution < -0.4 is 4.74 Å². The van der Waals surface area contributed by atoms with Crippen molar-refractivity contribution >= 4 is 5.97 Å². The van der Waals surface area contributed by atoms with Gasteiger partial charge in [0.25, 0.3) is 0 Å². The van der Waals surface area contributed by atoms with Crippen LogP contribution in [0.1, 0.15) is 56.4 Å². The molecule has 2 heterocycles. The van der Waals surface area contributed by atoms with Crippen LogP contribution in [0.5, 0.6) is 5.75 Å². The van der Waals surface area contributed by atoms with Crippen LogP contribution in [0, 0.1) is 19.8 Å². The van der Waals surface area contributed by atoms with E-state index in [0.29, 0.717) is 31.8 Å². The minimum Gasteiger partial charge on any atom is -0.493 e. The van der Waals surface area contributed by atoms with Gasteiger partial charge in [0.05, 0.1) is 12.3 Å². The molecule has 1 atom stereocenters. The van der Waals surface area contributed by atoms with Gasteiger partial charge in [-0.15, -0.1) is 12.8 Å². The molecule has 4 aromatic rings. The number of terminal acetylenes is 1. The largest absolute Gasteiger partial charge is 0.493 e. The molecule has 0 aliphatic carbocycles. The molecule has 0 fully saturated rings. The van der Waals surface area contributed by atoms with Crippen molar-refractivity contribution < 1.29 is 19.1 Å². The first-order chi connectivity index (χ1) is 20.5. The molecule has 0 radical (unpaired) electrons. The zero-order chi connectivity index (χ0) is 30.9. The van der Waals surface area contributed by atoms with E-state index in [1.807, 2.05) is 118 Å². The summed E-state index contributed by atoms with van der Waals surface area (Å²) in [5, 5.41) is 10.0. The van der Waals surface area contributed by atoms with E-state index in [9.17, 15) is 9.90 Å². The van der Waals surface area contributed by atoms with Crippen molar-refractivity contribution in [3.05, 3.63) is 119 Å². The van der Waals surface area contributed by atoms with Gasteiger partial charge in [-0.3, -0.25) is 0 Å². The Bertz CT molecular complexity index is 1440. The normalized spacial score (nSPS) is 11.6. The van der Waals surface area contributed by atoms with Gasteiger partial charge in [-0.2, -0.15) is 0 Å². The molecule has 0 saturated heterocycles. The van der Waals surface area contributed by atoms with Gasteiger partial charge in [0.15, 0.2) is 0 Å². The molecule has 2 aromatic carbocycles. The standard InChI is InChI=1S/C32H34N2O4.C2H6.C2H2/c1-4-10-24(5-2)21-27-13-9-19-34(27)30(32(35)36)22-25-14-16-28(17-15-25)37-20-18-29-23(3)38-31(33-29)26-11-7-6-8-12-26;2*1-2/h4-17,19,30H,18,20-22H2,1-3H3,(H,35,36);1-2H3;1-2H/b10-4-,24-5+;;. The van der Waals surface area contributed by atoms with E-state index in [-0.39, 0.29) is 0 Å². The van der Waals surface area contributed by atoms with Crippen molar-refractivity contribution in [3.63, 3.8) is 0 Å². The van der Waals surface area contributed by atoms with Crippen molar-refractivity contribution in [2.24, 2.45) is 0 Å². The van der Waals surface area contributed by atoms with E-state index in [0.717, 1.165) is 39.6 Å². The number of carbonyl (C=O) groups is 1. The molecular weight excluding hydrogens is 524 g/mol. The Morgan fingerprint density at radius 2 is 1.74 bits per heavy atom. The number of ether oxygens (including phenoxy) is 1. The summed E-state index contributed by atoms with van der Waals surface area (Å²) in [4.78, 5) is 16.8. The van der Waals surface area contributed by atoms with Crippen LogP contribution in [0.3, 0.4) is 0 Å². The number of aromatic nitrogens is 2. The summed E-state index contributed by atoms with van der Waals surface area (Å²) in [5.41, 5.74) is 4.88. The third-order valence-electron chi connectivity index (χ3n) is 6.50. The number of nitrogens with zero attached hydrogens (tertiary/aromatic N) is 2. The highest BCUT2D eigenvalue weighted by atomic mass is 16.5. The van der Waals surface area contributed by atoms with Gasteiger partial charge in [-0.05, 0) is 68.3 Å². The van der Waals surface area contributed by atoms with Crippen LogP contribution in [-0.4, -0.2) is 27.2 Å². The maximum absolute atomic E-state index is 12.2. The minimum atomic E-state index is -0.853. The first kappa shape index (κ1) is 33.4. The lowest BCUT2D eigenvalue weighted by molar-refractivity contribution is -0.140. The third-order valence-corrected chi connectivity index (χ3v) is 6.50. The molecule has 0 bridgehead atoms. The van der Waals surface area contributed by atoms with Gasteiger partial charge < -0.3 is 18.8 Å². The minimum absolute atomic E-state index is 0.381. The molecule has 1 N–H and O–H groups in total. The van der Waals surface area contributed by atoms with Crippen LogP contribution in [0.4, 0.5) is 0 Å². The fourth-order valence-corrected chi connectivity index (χ4v) is 4.44. The first-order valence-electron chi connectivity index (χ1n) is 14.2. The summed E-state index contributed by atoms with van der Waals surface area (Å²) in [6, 6.07) is 20.7. The van der Waals surface area contributed by atoms with Crippen molar-refractivity contribution in [1.82, 2.24) is 9.55 Å². The Kier molecular flexibility index (Phi) is 14.2. The van der Waals surface area contributed by atoms with Crippen molar-refractivity contribution in [3.8, 4) is 30.1 Å². The van der Waals surface area contributed by atoms with Crippen LogP contribution in [-0.2, 0) is 24.1 Å². The highest BCUT2D eigenvalue weighted by molar-refractivity contribution is 5.72. The lowest BCUT2D eigenvalue weighted by atomic mass is 10.0. The highest BCUT2D eigenvalue weighted by Crippen LogP contribution is 2.24. The van der Waals surface area contributed by atoms with Gasteiger partial charge in [-0.25, -0.2) is 9.78 Å². The highest BCUT2D eigenvalue weighted by Gasteiger charge is 2.22. The van der Waals surface area contributed by atoms with Gasteiger partial charge in [0.2, 0.25) is 5.89 Å². The van der Waals surface area contributed by atoms with Gasteiger partial charge >= 0.3 is 5.97 Å². The molecule has 0 aliphatic rings. The van der Waals surface area contributed by atoms with Crippen LogP contribution in [0.2, 0.25) is 0 Å². The predicted molar refractivity (Wildman–Crippen MR) is 171 cm³/mol. The van der Waals surface area contributed by atoms with Crippen molar-refractivity contribution in [1.29, 1.82) is 0 Å². The molecule has 2 aromatic heterocycles. The van der Waals surface area contributed by atoms with Gasteiger partial charge in [-0.1, -0.05) is 62.4 Å². The lowest BCUT2D eigenvalue weighted by Crippen LogP contribution is -2.22. The average molecular weight is 567 g/mol. The second-order valence-corrected chi connectivity index (χ2v) is 9.14. The molecule has 220 valence electrons. The third kappa shape index (κ3) is 9.42. The zero-order valence-electron chi connectivity index (χ0n) is 25.3. The van der Waals surface area contributed by atoms with Crippen LogP contribution in [0.15, 0.2) is 101 Å². The number of allylic oxidation sites excluding steroid dienone is 4. The van der Waals surface area contributed by atoms with E-state index in [2.05, 4.69) is 30.0 Å². The summed E-state index contributed by atoms with van der Waals surface area (Å²) in [5.74, 6) is 1.29. The molecule has 4 rings (SSSR count). The SMILES string of the molecule is C#C.C/C=C\C(=C/C)Cc1cccn1C(Cc1ccc(OCCc2nc(-c3ccccc3)oc2C)cc1)C(=O)O.CC. The second kappa shape index (κ2) is 17.8. The number of benzene rings is 2. The first-order valence-corrected chi connectivity index (χ1v) is 14.2. The number of oxazole rings is 1. The van der Waals surface area contributed by atoms with E-state index in [4.69, 9.17) is 9.15 Å². The van der Waals surface area contributed by atoms with E-state index >= 15 is 0 Å².